The number of nitrogens with one attached hydrogen (secondary N) is 1. The molecule has 1 unspecified atom stereocenters. The smallest absolute Gasteiger partial charge is 0.0454 e. The first-order valence-electron chi connectivity index (χ1n) is 20.8. The summed E-state index contributed by atoms with van der Waals surface area (Å²) in [5, 5.41) is 8.81. The third kappa shape index (κ3) is 7.00. The van der Waals surface area contributed by atoms with E-state index in [1.165, 1.54) is 87.3 Å². The van der Waals surface area contributed by atoms with E-state index in [0.29, 0.717) is 0 Å². The van der Waals surface area contributed by atoms with Crippen molar-refractivity contribution in [3.63, 3.8) is 0 Å². The van der Waals surface area contributed by atoms with Crippen LogP contribution in [-0.2, 0) is 17.3 Å². The minimum atomic E-state index is -0.340. The summed E-state index contributed by atoms with van der Waals surface area (Å²) in [5.41, 5.74) is 11.9. The third-order valence-electron chi connectivity index (χ3n) is 13.1. The molecule has 2 heteroatoms. The Morgan fingerprint density at radius 3 is 2.21 bits per heavy atom. The maximum atomic E-state index is 4.78. The molecule has 0 saturated heterocycles. The maximum Gasteiger partial charge on any atom is 0.0454 e. The van der Waals surface area contributed by atoms with Crippen molar-refractivity contribution in [1.29, 1.82) is 0 Å². The Bertz CT molecular complexity index is 2430. The molecule has 2 nitrogen and oxygen atoms in total. The summed E-state index contributed by atoms with van der Waals surface area (Å²) in [7, 11) is 4.31. The molecule has 0 radical (unpaired) electrons. The van der Waals surface area contributed by atoms with Gasteiger partial charge in [0.2, 0.25) is 0 Å². The molecule has 0 aromatic heterocycles. The van der Waals surface area contributed by atoms with Gasteiger partial charge in [-0.25, -0.2) is 0 Å². The average molecular weight is 735 g/mol. The van der Waals surface area contributed by atoms with Crippen molar-refractivity contribution in [2.75, 3.05) is 24.3 Å². The summed E-state index contributed by atoms with van der Waals surface area (Å²) in [6, 6.07) is 37.7. The quantitative estimate of drug-likeness (QED) is 0.152. The van der Waals surface area contributed by atoms with Gasteiger partial charge in [-0.15, -0.1) is 0 Å². The normalized spacial score (nSPS) is 20.3. The topological polar surface area (TPSA) is 15.3 Å². The molecule has 3 aliphatic rings. The van der Waals surface area contributed by atoms with Gasteiger partial charge in [-0.3, -0.25) is 0 Å². The lowest BCUT2D eigenvalue weighted by molar-refractivity contribution is 0.348. The molecule has 1 saturated carbocycles. The summed E-state index contributed by atoms with van der Waals surface area (Å²) in [6.45, 7) is 12.0. The van der Waals surface area contributed by atoms with Crippen molar-refractivity contribution in [1.82, 2.24) is 0 Å². The lowest BCUT2D eigenvalue weighted by atomic mass is 9.67. The van der Waals surface area contributed by atoms with E-state index in [0.717, 1.165) is 30.5 Å². The van der Waals surface area contributed by atoms with E-state index in [9.17, 15) is 0 Å². The monoisotopic (exact) mass is 734 g/mol. The molecular formula is C54H58N2. The van der Waals surface area contributed by atoms with Crippen LogP contribution in [0.3, 0.4) is 0 Å². The van der Waals surface area contributed by atoms with E-state index < -0.39 is 0 Å². The van der Waals surface area contributed by atoms with E-state index in [-0.39, 0.29) is 16.2 Å². The highest BCUT2D eigenvalue weighted by molar-refractivity contribution is 5.95. The van der Waals surface area contributed by atoms with Crippen LogP contribution < -0.4 is 10.2 Å². The van der Waals surface area contributed by atoms with Gasteiger partial charge in [-0.2, -0.15) is 0 Å². The fraction of sp³-hybridized carbons (Fsp3) is 0.296. The maximum absolute atomic E-state index is 4.78. The number of hydrogen-bond acceptors (Lipinski definition) is 2. The predicted octanol–water partition coefficient (Wildman–Crippen LogP) is 14.1. The lowest BCUT2D eigenvalue weighted by Crippen LogP contribution is -2.32. The van der Waals surface area contributed by atoms with Crippen LogP contribution in [0.5, 0.6) is 0 Å². The second-order valence-electron chi connectivity index (χ2n) is 17.6. The minimum absolute atomic E-state index is 0.0843. The molecular weight excluding hydrogens is 677 g/mol. The Balaban J connectivity index is 1.10. The number of rotatable bonds is 9. The van der Waals surface area contributed by atoms with E-state index in [2.05, 4.69) is 184 Å². The van der Waals surface area contributed by atoms with Crippen LogP contribution in [0.15, 0.2) is 175 Å². The van der Waals surface area contributed by atoms with Gasteiger partial charge in [0.15, 0.2) is 0 Å². The average Bonchev–Trinajstić information content (AvgIpc) is 3.43. The highest BCUT2D eigenvalue weighted by atomic mass is 15.2. The Labute approximate surface area is 335 Å². The van der Waals surface area contributed by atoms with Crippen LogP contribution in [0.4, 0.5) is 11.4 Å². The molecule has 1 fully saturated rings. The van der Waals surface area contributed by atoms with Crippen LogP contribution in [0, 0.1) is 5.41 Å². The Morgan fingerprint density at radius 2 is 1.46 bits per heavy atom. The first-order chi connectivity index (χ1) is 27.1. The van der Waals surface area contributed by atoms with Crippen LogP contribution in [0.25, 0.3) is 21.5 Å². The molecule has 8 rings (SSSR count). The first-order valence-corrected chi connectivity index (χ1v) is 20.8. The van der Waals surface area contributed by atoms with Crippen molar-refractivity contribution < 1.29 is 0 Å². The minimum Gasteiger partial charge on any atom is -0.388 e. The summed E-state index contributed by atoms with van der Waals surface area (Å²) in [4.78, 5) is 2.49. The van der Waals surface area contributed by atoms with Gasteiger partial charge in [-0.1, -0.05) is 174 Å². The van der Waals surface area contributed by atoms with Gasteiger partial charge < -0.3 is 10.2 Å². The van der Waals surface area contributed by atoms with Crippen molar-refractivity contribution in [3.8, 4) is 0 Å². The number of fused-ring (bicyclic) bond motifs is 5. The summed E-state index contributed by atoms with van der Waals surface area (Å²) in [6.07, 6.45) is 25.7. The molecule has 1 heterocycles. The van der Waals surface area contributed by atoms with Crippen LogP contribution in [-0.4, -0.2) is 14.1 Å². The van der Waals surface area contributed by atoms with Crippen molar-refractivity contribution in [2.45, 2.75) is 83.0 Å². The Kier molecular flexibility index (Phi) is 10.3. The number of benzene rings is 5. The van der Waals surface area contributed by atoms with Gasteiger partial charge in [0.1, 0.15) is 0 Å². The number of nitrogens with zero attached hydrogens (tertiary/aromatic N) is 1. The van der Waals surface area contributed by atoms with Gasteiger partial charge in [0.25, 0.3) is 0 Å². The zero-order chi connectivity index (χ0) is 38.9. The highest BCUT2D eigenvalue weighted by Crippen LogP contribution is 2.57. The van der Waals surface area contributed by atoms with Gasteiger partial charge in [0.05, 0.1) is 0 Å². The number of allylic oxidation sites excluding steroid dienone is 11. The fourth-order valence-electron chi connectivity index (χ4n) is 10.5. The zero-order valence-corrected chi connectivity index (χ0v) is 34.2. The SMILES string of the molecule is C=C(/C=C/C=C1C=C(/C=C/C=C2/N(C)c3ccc4ccccc4c3C23CCCCC3)CC(C)(C)C/1)C(C)(Cc1ccccc1)c1c(NC)ccc2ccccc12. The molecule has 1 atom stereocenters. The lowest BCUT2D eigenvalue weighted by Gasteiger charge is -2.37. The zero-order valence-electron chi connectivity index (χ0n) is 34.2. The molecule has 56 heavy (non-hydrogen) atoms. The molecule has 0 bridgehead atoms. The van der Waals surface area contributed by atoms with E-state index in [4.69, 9.17) is 6.58 Å². The molecule has 1 N–H and O–H groups in total. The van der Waals surface area contributed by atoms with E-state index in [1.54, 1.807) is 5.56 Å². The number of anilines is 2. The molecule has 284 valence electrons. The largest absolute Gasteiger partial charge is 0.388 e. The van der Waals surface area contributed by atoms with Crippen molar-refractivity contribution in [2.24, 2.45) is 5.41 Å². The van der Waals surface area contributed by atoms with Crippen LogP contribution in [0.1, 0.15) is 82.4 Å². The van der Waals surface area contributed by atoms with Gasteiger partial charge in [-0.05, 0) is 111 Å². The van der Waals surface area contributed by atoms with Gasteiger partial charge in [0, 0.05) is 42.0 Å². The summed E-state index contributed by atoms with van der Waals surface area (Å²) in [5.74, 6) is 0. The number of likely N-dealkylation sites (N-methyl/N-ethyl adjacent to an activating group) is 1. The van der Waals surface area contributed by atoms with E-state index in [1.807, 2.05) is 7.05 Å². The standard InChI is InChI=1S/C54H58N2/c1-39(53(4,38-40-20-9-7-10-21-40)50-45-26-13-11-24-43(45)29-31-47(50)55-5)19-17-22-41-35-42(37-52(2,3)36-41)23-18-28-49-54(33-15-8-16-34-54)51-46-27-14-12-25-44(46)30-32-48(51)56(49)6/h7,9-14,17-32,35,55H,1,8,15-16,33-34,36-38H2,2-6H3/b19-17+,23-18+,41-22-,49-28+. The van der Waals surface area contributed by atoms with Gasteiger partial charge >= 0.3 is 0 Å². The van der Waals surface area contributed by atoms with Crippen molar-refractivity contribution in [3.05, 3.63) is 191 Å². The second-order valence-corrected chi connectivity index (χ2v) is 17.6. The molecule has 1 spiro atoms. The number of hydrogen-bond donors (Lipinski definition) is 1. The first kappa shape index (κ1) is 37.6. The highest BCUT2D eigenvalue weighted by Gasteiger charge is 2.47. The molecule has 2 aliphatic carbocycles. The summed E-state index contributed by atoms with van der Waals surface area (Å²) >= 11 is 0. The van der Waals surface area contributed by atoms with E-state index >= 15 is 0 Å². The fourth-order valence-corrected chi connectivity index (χ4v) is 10.5. The molecule has 0 amide bonds. The molecule has 5 aromatic carbocycles. The van der Waals surface area contributed by atoms with Crippen molar-refractivity contribution >= 4 is 32.9 Å². The predicted molar refractivity (Wildman–Crippen MR) is 243 cm³/mol. The molecule has 5 aromatic rings. The Morgan fingerprint density at radius 1 is 0.786 bits per heavy atom. The second kappa shape index (κ2) is 15.3. The molecule has 1 aliphatic heterocycles. The van der Waals surface area contributed by atoms with Crippen LogP contribution in [0.2, 0.25) is 0 Å². The summed E-state index contributed by atoms with van der Waals surface area (Å²) < 4.78 is 0. The van der Waals surface area contributed by atoms with Crippen LogP contribution >= 0.6 is 0 Å². The Hall–Kier alpha value is -5.34. The third-order valence-corrected chi connectivity index (χ3v) is 13.1.